The van der Waals surface area contributed by atoms with Crippen molar-refractivity contribution >= 4 is 17.5 Å². The second-order valence-electron chi connectivity index (χ2n) is 5.29. The summed E-state index contributed by atoms with van der Waals surface area (Å²) < 4.78 is 0. The second kappa shape index (κ2) is 4.32. The van der Waals surface area contributed by atoms with Crippen molar-refractivity contribution in [3.8, 4) is 0 Å². The van der Waals surface area contributed by atoms with E-state index in [9.17, 15) is 4.79 Å². The molecule has 2 unspecified atom stereocenters. The number of hydrogen-bond acceptors (Lipinski definition) is 1. The average Bonchev–Trinajstić information content (AvgIpc) is 2.78. The molecule has 86 valence electrons. The Labute approximate surface area is 96.8 Å². The number of rotatable bonds is 2. The van der Waals surface area contributed by atoms with E-state index in [1.807, 2.05) is 0 Å². The van der Waals surface area contributed by atoms with E-state index in [4.69, 9.17) is 11.6 Å². The summed E-state index contributed by atoms with van der Waals surface area (Å²) in [6.45, 7) is 2.09. The molecule has 0 aromatic heterocycles. The first-order valence-electron chi connectivity index (χ1n) is 6.07. The second-order valence-corrected chi connectivity index (χ2v) is 5.86. The van der Waals surface area contributed by atoms with Crippen molar-refractivity contribution in [1.29, 1.82) is 0 Å². The monoisotopic (exact) mass is 229 g/mol. The molecule has 0 radical (unpaired) electrons. The lowest BCUT2D eigenvalue weighted by atomic mass is 9.87. The quantitative estimate of drug-likeness (QED) is 0.725. The highest BCUT2D eigenvalue weighted by Gasteiger charge is 2.38. The Kier molecular flexibility index (Phi) is 3.24. The van der Waals surface area contributed by atoms with Gasteiger partial charge in [-0.3, -0.25) is 4.79 Å². The maximum Gasteiger partial charge on any atom is 0.226 e. The standard InChI is InChI=1S/C12H20ClNO/c1-12(7-2-3-8-12)11(15)14-10-6-4-5-9(10)13/h9-10H,2-8H2,1H3,(H,14,15). The van der Waals surface area contributed by atoms with Crippen LogP contribution in [0.5, 0.6) is 0 Å². The van der Waals surface area contributed by atoms with E-state index in [1.165, 1.54) is 12.8 Å². The third-order valence-electron chi connectivity index (χ3n) is 4.00. The van der Waals surface area contributed by atoms with Gasteiger partial charge in [-0.05, 0) is 32.1 Å². The molecule has 2 aliphatic carbocycles. The average molecular weight is 230 g/mol. The summed E-state index contributed by atoms with van der Waals surface area (Å²) in [4.78, 5) is 12.1. The molecule has 2 atom stereocenters. The summed E-state index contributed by atoms with van der Waals surface area (Å²) >= 11 is 6.16. The molecule has 0 aromatic carbocycles. The van der Waals surface area contributed by atoms with Crippen molar-refractivity contribution in [2.75, 3.05) is 0 Å². The van der Waals surface area contributed by atoms with Crippen LogP contribution in [0.15, 0.2) is 0 Å². The van der Waals surface area contributed by atoms with Gasteiger partial charge in [0.1, 0.15) is 0 Å². The summed E-state index contributed by atoms with van der Waals surface area (Å²) in [5.41, 5.74) is -0.112. The van der Waals surface area contributed by atoms with E-state index >= 15 is 0 Å². The zero-order valence-electron chi connectivity index (χ0n) is 9.39. The first-order valence-corrected chi connectivity index (χ1v) is 6.50. The fraction of sp³-hybridized carbons (Fsp3) is 0.917. The van der Waals surface area contributed by atoms with Gasteiger partial charge < -0.3 is 5.32 Å². The summed E-state index contributed by atoms with van der Waals surface area (Å²) in [5.74, 6) is 0.234. The molecule has 2 rings (SSSR count). The lowest BCUT2D eigenvalue weighted by molar-refractivity contribution is -0.130. The Morgan fingerprint density at radius 2 is 1.93 bits per heavy atom. The number of halogens is 1. The van der Waals surface area contributed by atoms with Crippen LogP contribution in [0.25, 0.3) is 0 Å². The van der Waals surface area contributed by atoms with E-state index in [-0.39, 0.29) is 22.7 Å². The molecular formula is C12H20ClNO. The number of hydrogen-bond donors (Lipinski definition) is 1. The Morgan fingerprint density at radius 1 is 1.27 bits per heavy atom. The van der Waals surface area contributed by atoms with E-state index in [1.54, 1.807) is 0 Å². The Hall–Kier alpha value is -0.240. The molecule has 0 heterocycles. The molecule has 2 saturated carbocycles. The van der Waals surface area contributed by atoms with Crippen LogP contribution in [0.3, 0.4) is 0 Å². The maximum absolute atomic E-state index is 12.1. The fourth-order valence-corrected chi connectivity index (χ4v) is 3.15. The van der Waals surface area contributed by atoms with Crippen LogP contribution in [0, 0.1) is 5.41 Å². The van der Waals surface area contributed by atoms with Gasteiger partial charge in [0.25, 0.3) is 0 Å². The Morgan fingerprint density at radius 3 is 2.47 bits per heavy atom. The van der Waals surface area contributed by atoms with Crippen molar-refractivity contribution in [3.05, 3.63) is 0 Å². The number of carbonyl (C=O) groups is 1. The van der Waals surface area contributed by atoms with Crippen LogP contribution in [-0.4, -0.2) is 17.3 Å². The van der Waals surface area contributed by atoms with Crippen molar-refractivity contribution in [2.24, 2.45) is 5.41 Å². The van der Waals surface area contributed by atoms with Crippen molar-refractivity contribution in [1.82, 2.24) is 5.32 Å². The highest BCUT2D eigenvalue weighted by atomic mass is 35.5. The molecule has 1 amide bonds. The zero-order chi connectivity index (χ0) is 10.9. The van der Waals surface area contributed by atoms with Gasteiger partial charge in [-0.1, -0.05) is 19.8 Å². The van der Waals surface area contributed by atoms with Crippen LogP contribution >= 0.6 is 11.6 Å². The summed E-state index contributed by atoms with van der Waals surface area (Å²) in [5, 5.41) is 3.29. The Bertz CT molecular complexity index is 248. The van der Waals surface area contributed by atoms with E-state index < -0.39 is 0 Å². The van der Waals surface area contributed by atoms with E-state index in [0.717, 1.165) is 32.1 Å². The summed E-state index contributed by atoms with van der Waals surface area (Å²) in [6, 6.07) is 0.219. The highest BCUT2D eigenvalue weighted by Crippen LogP contribution is 2.38. The highest BCUT2D eigenvalue weighted by molar-refractivity contribution is 6.21. The third kappa shape index (κ3) is 2.30. The Balaban J connectivity index is 1.91. The largest absolute Gasteiger partial charge is 0.351 e. The van der Waals surface area contributed by atoms with Crippen LogP contribution in [0.1, 0.15) is 51.9 Å². The van der Waals surface area contributed by atoms with Gasteiger partial charge in [0.15, 0.2) is 0 Å². The molecule has 2 aliphatic rings. The van der Waals surface area contributed by atoms with Crippen molar-refractivity contribution in [2.45, 2.75) is 63.3 Å². The fourth-order valence-electron chi connectivity index (χ4n) is 2.80. The molecule has 0 aliphatic heterocycles. The molecule has 15 heavy (non-hydrogen) atoms. The van der Waals surface area contributed by atoms with Gasteiger partial charge in [0.05, 0.1) is 5.38 Å². The minimum Gasteiger partial charge on any atom is -0.351 e. The number of amides is 1. The molecule has 0 aromatic rings. The zero-order valence-corrected chi connectivity index (χ0v) is 10.1. The molecule has 2 nitrogen and oxygen atoms in total. The summed E-state index contributed by atoms with van der Waals surface area (Å²) in [6.07, 6.45) is 7.71. The molecule has 2 fully saturated rings. The third-order valence-corrected chi connectivity index (χ3v) is 4.53. The van der Waals surface area contributed by atoms with Gasteiger partial charge >= 0.3 is 0 Å². The van der Waals surface area contributed by atoms with Crippen LogP contribution in [0.2, 0.25) is 0 Å². The minimum atomic E-state index is -0.112. The van der Waals surface area contributed by atoms with Crippen LogP contribution in [-0.2, 0) is 4.79 Å². The van der Waals surface area contributed by atoms with Crippen LogP contribution in [0.4, 0.5) is 0 Å². The first-order chi connectivity index (χ1) is 7.12. The van der Waals surface area contributed by atoms with Crippen molar-refractivity contribution < 1.29 is 4.79 Å². The van der Waals surface area contributed by atoms with E-state index in [2.05, 4.69) is 12.2 Å². The minimum absolute atomic E-state index is 0.112. The topological polar surface area (TPSA) is 29.1 Å². The number of nitrogens with one attached hydrogen (secondary N) is 1. The lowest BCUT2D eigenvalue weighted by Gasteiger charge is -2.26. The smallest absolute Gasteiger partial charge is 0.226 e. The summed E-state index contributed by atoms with van der Waals surface area (Å²) in [7, 11) is 0. The number of carbonyl (C=O) groups excluding carboxylic acids is 1. The predicted molar refractivity (Wildman–Crippen MR) is 62.0 cm³/mol. The van der Waals surface area contributed by atoms with Crippen molar-refractivity contribution in [3.63, 3.8) is 0 Å². The maximum atomic E-state index is 12.1. The SMILES string of the molecule is CC1(C(=O)NC2CCCC2Cl)CCCC1. The molecular weight excluding hydrogens is 210 g/mol. The molecule has 3 heteroatoms. The predicted octanol–water partition coefficient (Wildman–Crippen LogP) is 2.84. The molecule has 0 spiro atoms. The molecule has 1 N–H and O–H groups in total. The molecule has 0 bridgehead atoms. The van der Waals surface area contributed by atoms with Gasteiger partial charge in [-0.2, -0.15) is 0 Å². The lowest BCUT2D eigenvalue weighted by Crippen LogP contribution is -2.44. The van der Waals surface area contributed by atoms with Gasteiger partial charge in [-0.15, -0.1) is 11.6 Å². The van der Waals surface area contributed by atoms with Gasteiger partial charge in [0, 0.05) is 11.5 Å². The van der Waals surface area contributed by atoms with Gasteiger partial charge in [0.2, 0.25) is 5.91 Å². The normalized spacial score (nSPS) is 34.3. The number of alkyl halides is 1. The first kappa shape index (κ1) is 11.3. The molecule has 0 saturated heterocycles. The van der Waals surface area contributed by atoms with Crippen LogP contribution < -0.4 is 5.32 Å². The van der Waals surface area contributed by atoms with Gasteiger partial charge in [-0.25, -0.2) is 0 Å². The van der Waals surface area contributed by atoms with E-state index in [0.29, 0.717) is 0 Å².